The van der Waals surface area contributed by atoms with E-state index in [9.17, 15) is 18.0 Å². The Bertz CT molecular complexity index is 810. The van der Waals surface area contributed by atoms with Crippen molar-refractivity contribution in [2.24, 2.45) is 0 Å². The highest BCUT2D eigenvalue weighted by Crippen LogP contribution is 2.38. The zero-order valence-electron chi connectivity index (χ0n) is 16.7. The second kappa shape index (κ2) is 9.54. The van der Waals surface area contributed by atoms with Gasteiger partial charge in [0.15, 0.2) is 11.5 Å². The Kier molecular flexibility index (Phi) is 7.36. The number of carbonyl (C=O) groups is 1. The van der Waals surface area contributed by atoms with E-state index in [2.05, 4.69) is 5.32 Å². The molecule has 2 aromatic rings. The van der Waals surface area contributed by atoms with Crippen LogP contribution in [0, 0.1) is 0 Å². The first-order valence-electron chi connectivity index (χ1n) is 8.95. The second-order valence-electron chi connectivity index (χ2n) is 6.44. The highest BCUT2D eigenvalue weighted by Gasteiger charge is 2.30. The summed E-state index contributed by atoms with van der Waals surface area (Å²) in [6, 6.07) is 7.88. The predicted molar refractivity (Wildman–Crippen MR) is 102 cm³/mol. The van der Waals surface area contributed by atoms with Gasteiger partial charge >= 0.3 is 6.18 Å². The summed E-state index contributed by atoms with van der Waals surface area (Å²) in [5.41, 5.74) is 0.707. The third-order valence-corrected chi connectivity index (χ3v) is 4.48. The van der Waals surface area contributed by atoms with Crippen molar-refractivity contribution in [3.63, 3.8) is 0 Å². The third kappa shape index (κ3) is 5.79. The van der Waals surface area contributed by atoms with Gasteiger partial charge in [-0.1, -0.05) is 12.1 Å². The summed E-state index contributed by atoms with van der Waals surface area (Å²) in [6.07, 6.45) is -3.75. The van der Waals surface area contributed by atoms with Crippen molar-refractivity contribution in [2.45, 2.75) is 32.0 Å². The number of alkyl halides is 3. The molecule has 2 aromatic carbocycles. The van der Waals surface area contributed by atoms with Crippen LogP contribution in [0.1, 0.15) is 36.1 Å². The lowest BCUT2D eigenvalue weighted by Crippen LogP contribution is -2.26. The van der Waals surface area contributed by atoms with Crippen LogP contribution in [0.3, 0.4) is 0 Å². The molecule has 0 heterocycles. The van der Waals surface area contributed by atoms with Crippen LogP contribution in [0.4, 0.5) is 13.2 Å². The van der Waals surface area contributed by atoms with Crippen LogP contribution >= 0.6 is 0 Å². The average molecular weight is 411 g/mol. The van der Waals surface area contributed by atoms with Crippen LogP contribution < -0.4 is 19.5 Å². The molecule has 1 amide bonds. The standard InChI is InChI=1S/C21H24F3NO4/c1-13(15-6-8-16(9-7-15)21(22,23)24)25-19(26)10-5-14-11-17(27-2)20(29-4)18(12-14)28-3/h6-9,11-13H,5,10H2,1-4H3,(H,25,26)/t13-/m0/s1. The topological polar surface area (TPSA) is 56.8 Å². The fraction of sp³-hybridized carbons (Fsp3) is 0.381. The molecule has 0 aromatic heterocycles. The number of methoxy groups -OCH3 is 3. The fourth-order valence-corrected chi connectivity index (χ4v) is 2.90. The Labute approximate surface area is 167 Å². The maximum absolute atomic E-state index is 12.7. The van der Waals surface area contributed by atoms with Gasteiger partial charge in [0.2, 0.25) is 11.7 Å². The highest BCUT2D eigenvalue weighted by atomic mass is 19.4. The van der Waals surface area contributed by atoms with Crippen molar-refractivity contribution in [3.8, 4) is 17.2 Å². The molecule has 0 saturated heterocycles. The van der Waals surface area contributed by atoms with Gasteiger partial charge in [-0.05, 0) is 48.7 Å². The summed E-state index contributed by atoms with van der Waals surface area (Å²) in [6.45, 7) is 1.72. The quantitative estimate of drug-likeness (QED) is 0.693. The zero-order valence-corrected chi connectivity index (χ0v) is 16.7. The number of ether oxygens (including phenoxy) is 3. The monoisotopic (exact) mass is 411 g/mol. The molecule has 0 spiro atoms. The minimum atomic E-state index is -4.38. The van der Waals surface area contributed by atoms with Crippen LogP contribution in [-0.2, 0) is 17.4 Å². The lowest BCUT2D eigenvalue weighted by Gasteiger charge is -2.16. The zero-order chi connectivity index (χ0) is 21.6. The van der Waals surface area contributed by atoms with Crippen molar-refractivity contribution in [1.82, 2.24) is 5.32 Å². The van der Waals surface area contributed by atoms with Gasteiger partial charge in [0, 0.05) is 6.42 Å². The van der Waals surface area contributed by atoms with Crippen molar-refractivity contribution in [2.75, 3.05) is 21.3 Å². The number of halogens is 3. The fourth-order valence-electron chi connectivity index (χ4n) is 2.90. The summed E-state index contributed by atoms with van der Waals surface area (Å²) >= 11 is 0. The Hall–Kier alpha value is -2.90. The molecule has 0 aliphatic heterocycles. The molecule has 158 valence electrons. The largest absolute Gasteiger partial charge is 0.493 e. The van der Waals surface area contributed by atoms with Gasteiger partial charge in [-0.25, -0.2) is 0 Å². The smallest absolute Gasteiger partial charge is 0.416 e. The van der Waals surface area contributed by atoms with E-state index in [1.54, 1.807) is 19.1 Å². The number of nitrogens with one attached hydrogen (secondary N) is 1. The van der Waals surface area contributed by atoms with Crippen LogP contribution in [0.25, 0.3) is 0 Å². The summed E-state index contributed by atoms with van der Waals surface area (Å²) in [5.74, 6) is 1.26. The molecule has 1 atom stereocenters. The van der Waals surface area contributed by atoms with E-state index in [0.717, 1.165) is 17.7 Å². The number of hydrogen-bond donors (Lipinski definition) is 1. The van der Waals surface area contributed by atoms with E-state index in [0.29, 0.717) is 29.2 Å². The molecule has 0 aliphatic carbocycles. The number of carbonyl (C=O) groups excluding carboxylic acids is 1. The van der Waals surface area contributed by atoms with Crippen LogP contribution in [0.5, 0.6) is 17.2 Å². The number of hydrogen-bond acceptors (Lipinski definition) is 4. The Morgan fingerprint density at radius 2 is 1.55 bits per heavy atom. The van der Waals surface area contributed by atoms with Crippen LogP contribution in [0.15, 0.2) is 36.4 Å². The molecule has 0 unspecified atom stereocenters. The SMILES string of the molecule is COc1cc(CCC(=O)N[C@@H](C)c2ccc(C(F)(F)F)cc2)cc(OC)c1OC. The van der Waals surface area contributed by atoms with E-state index in [4.69, 9.17) is 14.2 Å². The maximum atomic E-state index is 12.7. The summed E-state index contributed by atoms with van der Waals surface area (Å²) < 4.78 is 53.8. The molecule has 8 heteroatoms. The van der Waals surface area contributed by atoms with E-state index < -0.39 is 17.8 Å². The van der Waals surface area contributed by atoms with Gasteiger partial charge in [-0.15, -0.1) is 0 Å². The molecule has 2 rings (SSSR count). The second-order valence-corrected chi connectivity index (χ2v) is 6.44. The highest BCUT2D eigenvalue weighted by molar-refractivity contribution is 5.76. The van der Waals surface area contributed by atoms with Gasteiger partial charge in [-0.2, -0.15) is 13.2 Å². The van der Waals surface area contributed by atoms with Crippen molar-refractivity contribution < 1.29 is 32.2 Å². The molecule has 5 nitrogen and oxygen atoms in total. The van der Waals surface area contributed by atoms with E-state index in [-0.39, 0.29) is 12.3 Å². The van der Waals surface area contributed by atoms with Gasteiger partial charge < -0.3 is 19.5 Å². The Morgan fingerprint density at radius 1 is 1.00 bits per heavy atom. The summed E-state index contributed by atoms with van der Waals surface area (Å²) in [5, 5.41) is 2.80. The molecule has 0 aliphatic rings. The van der Waals surface area contributed by atoms with E-state index >= 15 is 0 Å². The average Bonchev–Trinajstić information content (AvgIpc) is 2.70. The molecular weight excluding hydrogens is 387 g/mol. The molecule has 0 bridgehead atoms. The van der Waals surface area contributed by atoms with Crippen molar-refractivity contribution in [3.05, 3.63) is 53.1 Å². The molecule has 0 fully saturated rings. The molecular formula is C21H24F3NO4. The minimum absolute atomic E-state index is 0.198. The minimum Gasteiger partial charge on any atom is -0.493 e. The number of rotatable bonds is 8. The first-order chi connectivity index (χ1) is 13.7. The predicted octanol–water partition coefficient (Wildman–Crippen LogP) is 4.54. The van der Waals surface area contributed by atoms with Crippen LogP contribution in [0.2, 0.25) is 0 Å². The molecule has 1 N–H and O–H groups in total. The normalized spacial score (nSPS) is 12.2. The Balaban J connectivity index is 1.99. The summed E-state index contributed by atoms with van der Waals surface area (Å²) in [7, 11) is 4.54. The van der Waals surface area contributed by atoms with Gasteiger partial charge in [0.25, 0.3) is 0 Å². The molecule has 29 heavy (non-hydrogen) atoms. The molecule has 0 radical (unpaired) electrons. The molecule has 0 saturated carbocycles. The van der Waals surface area contributed by atoms with Gasteiger partial charge in [0.05, 0.1) is 32.9 Å². The van der Waals surface area contributed by atoms with Gasteiger partial charge in [0.1, 0.15) is 0 Å². The van der Waals surface area contributed by atoms with E-state index in [1.165, 1.54) is 33.5 Å². The summed E-state index contributed by atoms with van der Waals surface area (Å²) in [4.78, 5) is 12.3. The first-order valence-corrected chi connectivity index (χ1v) is 8.95. The lowest BCUT2D eigenvalue weighted by atomic mass is 10.0. The van der Waals surface area contributed by atoms with Gasteiger partial charge in [-0.3, -0.25) is 4.79 Å². The van der Waals surface area contributed by atoms with Crippen molar-refractivity contribution in [1.29, 1.82) is 0 Å². The lowest BCUT2D eigenvalue weighted by molar-refractivity contribution is -0.137. The van der Waals surface area contributed by atoms with Crippen molar-refractivity contribution >= 4 is 5.91 Å². The Morgan fingerprint density at radius 3 is 2.00 bits per heavy atom. The van der Waals surface area contributed by atoms with E-state index in [1.807, 2.05) is 0 Å². The first kappa shape index (κ1) is 22.4. The number of amides is 1. The number of benzene rings is 2. The van der Waals surface area contributed by atoms with Crippen LogP contribution in [-0.4, -0.2) is 27.2 Å². The maximum Gasteiger partial charge on any atom is 0.416 e. The number of aryl methyl sites for hydroxylation is 1. The third-order valence-electron chi connectivity index (χ3n) is 4.48.